The van der Waals surface area contributed by atoms with Crippen LogP contribution in [0.15, 0.2) is 24.3 Å². The summed E-state index contributed by atoms with van der Waals surface area (Å²) in [5.41, 5.74) is 1.11. The lowest BCUT2D eigenvalue weighted by atomic mass is 10.1. The molecule has 1 saturated heterocycles. The lowest BCUT2D eigenvalue weighted by molar-refractivity contribution is -0.146. The quantitative estimate of drug-likeness (QED) is 0.780. The molecule has 0 spiro atoms. The Morgan fingerprint density at radius 3 is 2.55 bits per heavy atom. The molecule has 1 aliphatic heterocycles. The van der Waals surface area contributed by atoms with Gasteiger partial charge in [0.05, 0.1) is 18.8 Å². The van der Waals surface area contributed by atoms with Gasteiger partial charge in [0.1, 0.15) is 6.04 Å². The number of carbonyl (C=O) groups excluding carboxylic acids is 1. The number of aliphatic hydroxyl groups is 1. The minimum atomic E-state index is -0.972. The summed E-state index contributed by atoms with van der Waals surface area (Å²) in [5.74, 6) is -1.33. The maximum atomic E-state index is 11.7. The van der Waals surface area contributed by atoms with Crippen LogP contribution in [0.2, 0.25) is 0 Å². The number of carbonyl (C=O) groups is 2. The average Bonchev–Trinajstić information content (AvgIpc) is 2.79. The fourth-order valence-electron chi connectivity index (χ4n) is 2.42. The van der Waals surface area contributed by atoms with Gasteiger partial charge in [0.2, 0.25) is 0 Å². The number of likely N-dealkylation sites (tertiary alicyclic amines) is 1. The van der Waals surface area contributed by atoms with E-state index in [1.807, 2.05) is 4.90 Å². The highest BCUT2D eigenvalue weighted by atomic mass is 16.5. The molecule has 0 aromatic heterocycles. The van der Waals surface area contributed by atoms with Crippen LogP contribution in [0.1, 0.15) is 22.3 Å². The van der Waals surface area contributed by atoms with Crippen LogP contribution in [0.25, 0.3) is 0 Å². The van der Waals surface area contributed by atoms with Gasteiger partial charge in [-0.15, -0.1) is 0 Å². The number of carboxylic acid groups (broad SMARTS) is 1. The molecule has 2 unspecified atom stereocenters. The first kappa shape index (κ1) is 14.5. The number of aliphatic hydroxyl groups excluding tert-OH is 1. The molecule has 108 valence electrons. The molecule has 2 rings (SSSR count). The fourth-order valence-corrected chi connectivity index (χ4v) is 2.42. The van der Waals surface area contributed by atoms with Crippen molar-refractivity contribution in [1.82, 2.24) is 4.90 Å². The van der Waals surface area contributed by atoms with Crippen molar-refractivity contribution in [3.63, 3.8) is 0 Å². The number of benzene rings is 1. The maximum absolute atomic E-state index is 11.7. The van der Waals surface area contributed by atoms with E-state index in [1.165, 1.54) is 19.2 Å². The number of ether oxygens (including phenoxy) is 1. The molecule has 6 nitrogen and oxygen atoms in total. The fraction of sp³-hybridized carbons (Fsp3) is 0.429. The van der Waals surface area contributed by atoms with Crippen molar-refractivity contribution in [3.8, 4) is 0 Å². The molecule has 0 aliphatic carbocycles. The second kappa shape index (κ2) is 6.02. The number of aromatic carboxylic acids is 1. The van der Waals surface area contributed by atoms with E-state index in [4.69, 9.17) is 9.84 Å². The van der Waals surface area contributed by atoms with E-state index in [2.05, 4.69) is 0 Å². The Morgan fingerprint density at radius 1 is 1.35 bits per heavy atom. The van der Waals surface area contributed by atoms with Gasteiger partial charge in [-0.05, 0) is 17.7 Å². The third kappa shape index (κ3) is 3.15. The summed E-state index contributed by atoms with van der Waals surface area (Å²) in [6.45, 7) is 0.872. The summed E-state index contributed by atoms with van der Waals surface area (Å²) in [6.07, 6.45) is -0.183. The predicted molar refractivity (Wildman–Crippen MR) is 70.2 cm³/mol. The van der Waals surface area contributed by atoms with E-state index in [0.29, 0.717) is 19.5 Å². The van der Waals surface area contributed by atoms with Crippen molar-refractivity contribution in [3.05, 3.63) is 35.4 Å². The largest absolute Gasteiger partial charge is 0.478 e. The van der Waals surface area contributed by atoms with E-state index >= 15 is 0 Å². The second-order valence-electron chi connectivity index (χ2n) is 4.86. The van der Waals surface area contributed by atoms with E-state index < -0.39 is 18.1 Å². The van der Waals surface area contributed by atoms with Gasteiger partial charge in [-0.2, -0.15) is 0 Å². The van der Waals surface area contributed by atoms with E-state index in [9.17, 15) is 14.7 Å². The van der Waals surface area contributed by atoms with Gasteiger partial charge in [0.15, 0.2) is 0 Å². The van der Waals surface area contributed by atoms with Crippen molar-refractivity contribution in [2.75, 3.05) is 13.7 Å². The Labute approximate surface area is 116 Å². The van der Waals surface area contributed by atoms with E-state index in [1.54, 1.807) is 12.1 Å². The molecule has 0 bridgehead atoms. The van der Waals surface area contributed by atoms with Crippen LogP contribution >= 0.6 is 0 Å². The van der Waals surface area contributed by atoms with Crippen LogP contribution in [0, 0.1) is 0 Å². The SMILES string of the molecule is COC(=O)C1CC(O)CN1Cc1ccc(C(=O)O)cc1. The van der Waals surface area contributed by atoms with Crippen molar-refractivity contribution in [2.45, 2.75) is 25.1 Å². The van der Waals surface area contributed by atoms with E-state index in [0.717, 1.165) is 5.56 Å². The zero-order valence-electron chi connectivity index (χ0n) is 11.2. The van der Waals surface area contributed by atoms with Crippen LogP contribution in [-0.4, -0.2) is 52.9 Å². The van der Waals surface area contributed by atoms with E-state index in [-0.39, 0.29) is 11.5 Å². The second-order valence-corrected chi connectivity index (χ2v) is 4.86. The standard InChI is InChI=1S/C14H17NO5/c1-20-14(19)12-6-11(16)8-15(12)7-9-2-4-10(5-3-9)13(17)18/h2-5,11-12,16H,6-8H2,1H3,(H,17,18). The highest BCUT2D eigenvalue weighted by Crippen LogP contribution is 2.21. The first-order valence-electron chi connectivity index (χ1n) is 6.33. The maximum Gasteiger partial charge on any atom is 0.335 e. The topological polar surface area (TPSA) is 87.1 Å². The molecule has 1 aromatic carbocycles. The Balaban J connectivity index is 2.07. The number of β-amino-alcohol motifs (C(OH)–C–C–N with tert-alkyl or cyclic N) is 1. The average molecular weight is 279 g/mol. The molecular formula is C14H17NO5. The summed E-state index contributed by atoms with van der Waals surface area (Å²) in [5, 5.41) is 18.5. The van der Waals surface area contributed by atoms with Gasteiger partial charge in [-0.1, -0.05) is 12.1 Å². The Hall–Kier alpha value is -1.92. The van der Waals surface area contributed by atoms with Crippen molar-refractivity contribution in [2.24, 2.45) is 0 Å². The molecule has 0 saturated carbocycles. The summed E-state index contributed by atoms with van der Waals surface area (Å²) < 4.78 is 4.73. The predicted octanol–water partition coefficient (Wildman–Crippen LogP) is 0.493. The molecule has 6 heteroatoms. The number of nitrogens with zero attached hydrogens (tertiary/aromatic N) is 1. The first-order valence-corrected chi connectivity index (χ1v) is 6.33. The molecule has 0 radical (unpaired) electrons. The number of hydrogen-bond donors (Lipinski definition) is 2. The smallest absolute Gasteiger partial charge is 0.335 e. The minimum absolute atomic E-state index is 0.222. The van der Waals surface area contributed by atoms with Gasteiger partial charge in [0, 0.05) is 19.5 Å². The molecule has 20 heavy (non-hydrogen) atoms. The summed E-state index contributed by atoms with van der Waals surface area (Å²) in [6, 6.07) is 6.02. The van der Waals surface area contributed by atoms with Crippen LogP contribution in [0.4, 0.5) is 0 Å². The monoisotopic (exact) mass is 279 g/mol. The Bertz CT molecular complexity index is 499. The third-order valence-corrected chi connectivity index (χ3v) is 3.44. The number of methoxy groups -OCH3 is 1. The Kier molecular flexibility index (Phi) is 4.36. The molecule has 1 aliphatic rings. The summed E-state index contributed by atoms with van der Waals surface area (Å²) in [4.78, 5) is 24.3. The molecule has 1 aromatic rings. The van der Waals surface area contributed by atoms with Crippen LogP contribution in [0.3, 0.4) is 0 Å². The lowest BCUT2D eigenvalue weighted by Gasteiger charge is -2.21. The molecule has 0 amide bonds. The number of rotatable bonds is 4. The third-order valence-electron chi connectivity index (χ3n) is 3.44. The highest BCUT2D eigenvalue weighted by molar-refractivity contribution is 5.87. The minimum Gasteiger partial charge on any atom is -0.478 e. The number of hydrogen-bond acceptors (Lipinski definition) is 5. The molecule has 1 heterocycles. The van der Waals surface area contributed by atoms with Gasteiger partial charge in [0.25, 0.3) is 0 Å². The zero-order valence-corrected chi connectivity index (χ0v) is 11.2. The van der Waals surface area contributed by atoms with Crippen molar-refractivity contribution < 1.29 is 24.5 Å². The molecule has 2 N–H and O–H groups in total. The van der Waals surface area contributed by atoms with Gasteiger partial charge in [-0.3, -0.25) is 9.69 Å². The van der Waals surface area contributed by atoms with Gasteiger partial charge in [-0.25, -0.2) is 4.79 Å². The highest BCUT2D eigenvalue weighted by Gasteiger charge is 2.36. The number of esters is 1. The van der Waals surface area contributed by atoms with Crippen LogP contribution in [-0.2, 0) is 16.1 Å². The van der Waals surface area contributed by atoms with Gasteiger partial charge < -0.3 is 14.9 Å². The van der Waals surface area contributed by atoms with Crippen molar-refractivity contribution >= 4 is 11.9 Å². The Morgan fingerprint density at radius 2 is 2.00 bits per heavy atom. The zero-order chi connectivity index (χ0) is 14.7. The van der Waals surface area contributed by atoms with Gasteiger partial charge >= 0.3 is 11.9 Å². The molecule has 1 fully saturated rings. The first-order chi connectivity index (χ1) is 9.51. The normalized spacial score (nSPS) is 22.7. The lowest BCUT2D eigenvalue weighted by Crippen LogP contribution is -2.36. The summed E-state index contributed by atoms with van der Waals surface area (Å²) >= 11 is 0. The number of carboxylic acids is 1. The molecular weight excluding hydrogens is 262 g/mol. The molecule has 2 atom stereocenters. The van der Waals surface area contributed by atoms with Crippen LogP contribution in [0.5, 0.6) is 0 Å². The van der Waals surface area contributed by atoms with Crippen LogP contribution < -0.4 is 0 Å². The van der Waals surface area contributed by atoms with Crippen molar-refractivity contribution in [1.29, 1.82) is 0 Å². The summed E-state index contributed by atoms with van der Waals surface area (Å²) in [7, 11) is 1.33.